The van der Waals surface area contributed by atoms with Crippen LogP contribution in [-0.4, -0.2) is 54.3 Å². The summed E-state index contributed by atoms with van der Waals surface area (Å²) >= 11 is 6.08. The first kappa shape index (κ1) is 20.4. The third-order valence-electron chi connectivity index (χ3n) is 5.00. The average Bonchev–Trinajstić information content (AvgIpc) is 2.70. The second-order valence-electron chi connectivity index (χ2n) is 7.37. The molecule has 28 heavy (non-hydrogen) atoms. The van der Waals surface area contributed by atoms with Gasteiger partial charge in [0.05, 0.1) is 17.3 Å². The quantitative estimate of drug-likeness (QED) is 0.830. The molecule has 1 fully saturated rings. The molecular weight excluding hydrogens is 374 g/mol. The summed E-state index contributed by atoms with van der Waals surface area (Å²) in [4.78, 5) is 28.9. The van der Waals surface area contributed by atoms with E-state index in [0.29, 0.717) is 48.4 Å². The van der Waals surface area contributed by atoms with E-state index in [1.54, 1.807) is 12.1 Å². The van der Waals surface area contributed by atoms with E-state index >= 15 is 0 Å². The molecule has 2 aromatic rings. The lowest BCUT2D eigenvalue weighted by Gasteiger charge is -2.34. The van der Waals surface area contributed by atoms with Crippen molar-refractivity contribution in [3.8, 4) is 0 Å². The van der Waals surface area contributed by atoms with Gasteiger partial charge in [-0.2, -0.15) is 0 Å². The Hall–Kier alpha value is -2.37. The SMILES string of the molecule is CC(C)c1ccc(C(=O)N2CCN(CC(=O)Nc3ccccc3Cl)CC2)cc1. The fraction of sp³-hybridized carbons (Fsp3) is 0.364. The number of anilines is 1. The molecule has 5 nitrogen and oxygen atoms in total. The molecule has 1 heterocycles. The van der Waals surface area contributed by atoms with Crippen molar-refractivity contribution in [1.29, 1.82) is 0 Å². The fourth-order valence-electron chi connectivity index (χ4n) is 3.26. The molecular formula is C22H26ClN3O2. The minimum Gasteiger partial charge on any atom is -0.336 e. The van der Waals surface area contributed by atoms with Crippen molar-refractivity contribution in [2.24, 2.45) is 0 Å². The van der Waals surface area contributed by atoms with Crippen LogP contribution in [0.25, 0.3) is 0 Å². The Kier molecular flexibility index (Phi) is 6.70. The van der Waals surface area contributed by atoms with E-state index in [2.05, 4.69) is 24.1 Å². The van der Waals surface area contributed by atoms with Gasteiger partial charge in [-0.25, -0.2) is 0 Å². The zero-order chi connectivity index (χ0) is 20.1. The number of nitrogens with zero attached hydrogens (tertiary/aromatic N) is 2. The van der Waals surface area contributed by atoms with Crippen LogP contribution in [0.4, 0.5) is 5.69 Å². The van der Waals surface area contributed by atoms with E-state index in [1.807, 2.05) is 41.3 Å². The number of piperazine rings is 1. The number of carbonyl (C=O) groups excluding carboxylic acids is 2. The molecule has 1 aliphatic rings. The van der Waals surface area contributed by atoms with Crippen LogP contribution in [0.5, 0.6) is 0 Å². The van der Waals surface area contributed by atoms with Gasteiger partial charge in [-0.05, 0) is 35.7 Å². The summed E-state index contributed by atoms with van der Waals surface area (Å²) in [6, 6.07) is 15.0. The Morgan fingerprint density at radius 3 is 2.25 bits per heavy atom. The number of amides is 2. The summed E-state index contributed by atoms with van der Waals surface area (Å²) in [7, 11) is 0. The molecule has 0 radical (unpaired) electrons. The molecule has 6 heteroatoms. The molecule has 0 aliphatic carbocycles. The normalized spacial score (nSPS) is 14.9. The van der Waals surface area contributed by atoms with E-state index in [-0.39, 0.29) is 18.4 Å². The Morgan fingerprint density at radius 1 is 1.00 bits per heavy atom. The van der Waals surface area contributed by atoms with Crippen molar-refractivity contribution in [3.05, 3.63) is 64.7 Å². The summed E-state index contributed by atoms with van der Waals surface area (Å²) in [5.74, 6) is 0.400. The van der Waals surface area contributed by atoms with Crippen LogP contribution in [0.1, 0.15) is 35.7 Å². The zero-order valence-corrected chi connectivity index (χ0v) is 17.1. The Balaban J connectivity index is 1.49. The number of halogens is 1. The minimum absolute atomic E-state index is 0.0514. The molecule has 2 aromatic carbocycles. The van der Waals surface area contributed by atoms with Crippen molar-refractivity contribution >= 4 is 29.1 Å². The lowest BCUT2D eigenvalue weighted by atomic mass is 10.0. The van der Waals surface area contributed by atoms with Gasteiger partial charge < -0.3 is 10.2 Å². The van der Waals surface area contributed by atoms with Crippen LogP contribution in [0.2, 0.25) is 5.02 Å². The highest BCUT2D eigenvalue weighted by molar-refractivity contribution is 6.33. The first-order valence-electron chi connectivity index (χ1n) is 9.60. The predicted octanol–water partition coefficient (Wildman–Crippen LogP) is 3.86. The molecule has 148 valence electrons. The molecule has 0 saturated carbocycles. The van der Waals surface area contributed by atoms with Gasteiger partial charge in [0.2, 0.25) is 5.91 Å². The molecule has 0 unspecified atom stereocenters. The van der Waals surface area contributed by atoms with E-state index in [4.69, 9.17) is 11.6 Å². The summed E-state index contributed by atoms with van der Waals surface area (Å²) in [6.45, 7) is 7.14. The maximum Gasteiger partial charge on any atom is 0.253 e. The minimum atomic E-state index is -0.0999. The molecule has 0 atom stereocenters. The molecule has 0 bridgehead atoms. The van der Waals surface area contributed by atoms with Crippen molar-refractivity contribution < 1.29 is 9.59 Å². The lowest BCUT2D eigenvalue weighted by Crippen LogP contribution is -2.50. The number of hydrogen-bond donors (Lipinski definition) is 1. The van der Waals surface area contributed by atoms with Gasteiger partial charge in [0.15, 0.2) is 0 Å². The van der Waals surface area contributed by atoms with Crippen LogP contribution >= 0.6 is 11.6 Å². The van der Waals surface area contributed by atoms with Crippen LogP contribution < -0.4 is 5.32 Å². The van der Waals surface area contributed by atoms with E-state index < -0.39 is 0 Å². The van der Waals surface area contributed by atoms with Crippen molar-refractivity contribution in [1.82, 2.24) is 9.80 Å². The zero-order valence-electron chi connectivity index (χ0n) is 16.3. The van der Waals surface area contributed by atoms with Crippen molar-refractivity contribution in [2.75, 3.05) is 38.0 Å². The molecule has 1 N–H and O–H groups in total. The van der Waals surface area contributed by atoms with Gasteiger partial charge in [0.1, 0.15) is 0 Å². The molecule has 0 aromatic heterocycles. The van der Waals surface area contributed by atoms with Crippen LogP contribution in [-0.2, 0) is 4.79 Å². The number of rotatable bonds is 5. The lowest BCUT2D eigenvalue weighted by molar-refractivity contribution is -0.117. The third kappa shape index (κ3) is 5.12. The Morgan fingerprint density at radius 2 is 1.64 bits per heavy atom. The van der Waals surface area contributed by atoms with Gasteiger partial charge in [-0.3, -0.25) is 14.5 Å². The second kappa shape index (κ2) is 9.22. The van der Waals surface area contributed by atoms with Crippen LogP contribution in [0.3, 0.4) is 0 Å². The highest BCUT2D eigenvalue weighted by Gasteiger charge is 2.23. The van der Waals surface area contributed by atoms with Gasteiger partial charge in [-0.1, -0.05) is 49.7 Å². The van der Waals surface area contributed by atoms with Crippen LogP contribution in [0, 0.1) is 0 Å². The topological polar surface area (TPSA) is 52.7 Å². The van der Waals surface area contributed by atoms with Gasteiger partial charge in [-0.15, -0.1) is 0 Å². The maximum absolute atomic E-state index is 12.7. The van der Waals surface area contributed by atoms with E-state index in [0.717, 1.165) is 0 Å². The first-order valence-corrected chi connectivity index (χ1v) is 9.98. The van der Waals surface area contributed by atoms with Crippen molar-refractivity contribution in [3.63, 3.8) is 0 Å². The number of benzene rings is 2. The first-order chi connectivity index (χ1) is 13.4. The molecule has 3 rings (SSSR count). The third-order valence-corrected chi connectivity index (χ3v) is 5.33. The number of carbonyl (C=O) groups is 2. The largest absolute Gasteiger partial charge is 0.336 e. The molecule has 0 spiro atoms. The highest BCUT2D eigenvalue weighted by Crippen LogP contribution is 2.20. The number of nitrogens with one attached hydrogen (secondary N) is 1. The Labute approximate surface area is 171 Å². The molecule has 2 amide bonds. The average molecular weight is 400 g/mol. The van der Waals surface area contributed by atoms with Gasteiger partial charge in [0, 0.05) is 31.7 Å². The summed E-state index contributed by atoms with van der Waals surface area (Å²) in [5, 5.41) is 3.36. The standard InChI is InChI=1S/C22H26ClN3O2/c1-16(2)17-7-9-18(10-8-17)22(28)26-13-11-25(12-14-26)15-21(27)24-20-6-4-3-5-19(20)23/h3-10,16H,11-15H2,1-2H3,(H,24,27). The molecule has 1 saturated heterocycles. The smallest absolute Gasteiger partial charge is 0.253 e. The highest BCUT2D eigenvalue weighted by atomic mass is 35.5. The predicted molar refractivity (Wildman–Crippen MR) is 113 cm³/mol. The summed E-state index contributed by atoms with van der Waals surface area (Å²) < 4.78 is 0. The van der Waals surface area contributed by atoms with Crippen molar-refractivity contribution in [2.45, 2.75) is 19.8 Å². The maximum atomic E-state index is 12.7. The van der Waals surface area contributed by atoms with Gasteiger partial charge in [0.25, 0.3) is 5.91 Å². The monoisotopic (exact) mass is 399 g/mol. The fourth-order valence-corrected chi connectivity index (χ4v) is 3.44. The molecule has 1 aliphatic heterocycles. The van der Waals surface area contributed by atoms with Crippen LogP contribution in [0.15, 0.2) is 48.5 Å². The number of para-hydroxylation sites is 1. The number of hydrogen-bond acceptors (Lipinski definition) is 3. The summed E-state index contributed by atoms with van der Waals surface area (Å²) in [5.41, 5.74) is 2.56. The summed E-state index contributed by atoms with van der Waals surface area (Å²) in [6.07, 6.45) is 0. The van der Waals surface area contributed by atoms with Gasteiger partial charge >= 0.3 is 0 Å². The van der Waals surface area contributed by atoms with E-state index in [9.17, 15) is 9.59 Å². The Bertz CT molecular complexity index is 828. The van der Waals surface area contributed by atoms with E-state index in [1.165, 1.54) is 5.56 Å². The second-order valence-corrected chi connectivity index (χ2v) is 7.78.